The number of aryl methyl sites for hydroxylation is 1. The number of primary amides is 1. The molecule has 3 N–H and O–H groups in total. The summed E-state index contributed by atoms with van der Waals surface area (Å²) in [5.41, 5.74) is 7.46. The Morgan fingerprint density at radius 1 is 1.37 bits per heavy atom. The Kier molecular flexibility index (Phi) is 5.00. The van der Waals surface area contributed by atoms with E-state index in [0.29, 0.717) is 23.4 Å². The van der Waals surface area contributed by atoms with Gasteiger partial charge in [0.2, 0.25) is 5.91 Å². The second-order valence-corrected chi connectivity index (χ2v) is 6.45. The molecule has 1 aromatic carbocycles. The first-order valence-electron chi connectivity index (χ1n) is 8.44. The van der Waals surface area contributed by atoms with Crippen molar-refractivity contribution in [1.29, 1.82) is 0 Å². The van der Waals surface area contributed by atoms with Crippen LogP contribution in [0.15, 0.2) is 36.1 Å². The van der Waals surface area contributed by atoms with Crippen LogP contribution in [-0.4, -0.2) is 42.1 Å². The lowest BCUT2D eigenvalue weighted by molar-refractivity contribution is -0.131. The van der Waals surface area contributed by atoms with E-state index in [-0.39, 0.29) is 11.9 Å². The van der Waals surface area contributed by atoms with Crippen molar-refractivity contribution >= 4 is 23.5 Å². The second-order valence-electron chi connectivity index (χ2n) is 6.45. The van der Waals surface area contributed by atoms with Gasteiger partial charge in [-0.3, -0.25) is 14.4 Å². The number of carbonyl (C=O) groups excluding carboxylic acids is 3. The molecule has 0 aromatic heterocycles. The zero-order chi connectivity index (χ0) is 19.7. The number of esters is 1. The molecule has 2 aliphatic heterocycles. The molecule has 1 aromatic rings. The van der Waals surface area contributed by atoms with Crippen molar-refractivity contribution in [1.82, 2.24) is 4.90 Å². The van der Waals surface area contributed by atoms with Crippen molar-refractivity contribution in [3.63, 3.8) is 0 Å². The SMILES string of the molecule is COC1Nc2c(ccc(C)c2OC(C)=O)C(=O)N2C=C(C=CC(N)=O)CC12. The van der Waals surface area contributed by atoms with E-state index in [1.165, 1.54) is 20.1 Å². The molecule has 0 bridgehead atoms. The largest absolute Gasteiger partial charge is 0.424 e. The third-order valence-electron chi connectivity index (χ3n) is 4.52. The maximum Gasteiger partial charge on any atom is 0.308 e. The van der Waals surface area contributed by atoms with Crippen molar-refractivity contribution in [2.45, 2.75) is 32.5 Å². The molecule has 2 unspecified atom stereocenters. The number of nitrogens with zero attached hydrogens (tertiary/aromatic N) is 1. The van der Waals surface area contributed by atoms with Crippen LogP contribution in [0.1, 0.15) is 29.3 Å². The first-order chi connectivity index (χ1) is 12.8. The summed E-state index contributed by atoms with van der Waals surface area (Å²) in [5.74, 6) is -0.969. The number of rotatable bonds is 4. The van der Waals surface area contributed by atoms with Crippen molar-refractivity contribution in [2.75, 3.05) is 12.4 Å². The van der Waals surface area contributed by atoms with Gasteiger partial charge in [0.15, 0.2) is 5.75 Å². The number of anilines is 1. The molecule has 2 aliphatic rings. The van der Waals surface area contributed by atoms with Crippen LogP contribution >= 0.6 is 0 Å². The lowest BCUT2D eigenvalue weighted by Gasteiger charge is -2.27. The number of ether oxygens (including phenoxy) is 2. The summed E-state index contributed by atoms with van der Waals surface area (Å²) in [6, 6.07) is 3.09. The highest BCUT2D eigenvalue weighted by molar-refractivity contribution is 6.03. The van der Waals surface area contributed by atoms with E-state index in [1.54, 1.807) is 36.2 Å². The molecule has 2 atom stereocenters. The zero-order valence-electron chi connectivity index (χ0n) is 15.3. The van der Waals surface area contributed by atoms with Gasteiger partial charge in [0.1, 0.15) is 6.23 Å². The van der Waals surface area contributed by atoms with E-state index in [4.69, 9.17) is 15.2 Å². The summed E-state index contributed by atoms with van der Waals surface area (Å²) in [7, 11) is 1.53. The normalized spacial score (nSPS) is 21.2. The van der Waals surface area contributed by atoms with E-state index >= 15 is 0 Å². The molecule has 0 aliphatic carbocycles. The van der Waals surface area contributed by atoms with E-state index in [0.717, 1.165) is 11.1 Å². The highest BCUT2D eigenvalue weighted by Gasteiger charge is 2.40. The van der Waals surface area contributed by atoms with Crippen molar-refractivity contribution in [3.05, 3.63) is 47.2 Å². The summed E-state index contributed by atoms with van der Waals surface area (Å²) >= 11 is 0. The number of fused-ring (bicyclic) bond motifs is 2. The number of hydrogen-bond donors (Lipinski definition) is 2. The molecule has 0 radical (unpaired) electrons. The standard InChI is InChI=1S/C19H21N3O5/c1-10-4-6-13-16(17(10)27-11(2)23)21-18(26-3)14-8-12(5-7-15(20)24)9-22(14)19(13)25/h4-7,9,14,18,21H,8H2,1-3H3,(H2,20,24). The second kappa shape index (κ2) is 7.24. The quantitative estimate of drug-likeness (QED) is 0.471. The molecular weight excluding hydrogens is 350 g/mol. The number of amides is 2. The number of carbonyl (C=O) groups is 3. The summed E-state index contributed by atoms with van der Waals surface area (Å²) < 4.78 is 10.9. The maximum absolute atomic E-state index is 13.1. The van der Waals surface area contributed by atoms with Gasteiger partial charge in [0.25, 0.3) is 5.91 Å². The van der Waals surface area contributed by atoms with Crippen molar-refractivity contribution in [2.24, 2.45) is 5.73 Å². The molecule has 2 heterocycles. The van der Waals surface area contributed by atoms with Gasteiger partial charge in [-0.2, -0.15) is 0 Å². The molecule has 8 heteroatoms. The molecule has 142 valence electrons. The van der Waals surface area contributed by atoms with Gasteiger partial charge in [-0.1, -0.05) is 12.1 Å². The monoisotopic (exact) mass is 371 g/mol. The lowest BCUT2D eigenvalue weighted by Crippen LogP contribution is -2.43. The average Bonchev–Trinajstić information content (AvgIpc) is 2.99. The van der Waals surface area contributed by atoms with Crippen LogP contribution in [0.25, 0.3) is 0 Å². The summed E-state index contributed by atoms with van der Waals surface area (Å²) in [5, 5.41) is 3.20. The highest BCUT2D eigenvalue weighted by atomic mass is 16.5. The van der Waals surface area contributed by atoms with Crippen LogP contribution in [0.3, 0.4) is 0 Å². The molecule has 0 saturated heterocycles. The van der Waals surface area contributed by atoms with Gasteiger partial charge >= 0.3 is 5.97 Å². The number of nitrogens with two attached hydrogens (primary N) is 1. The predicted octanol–water partition coefficient (Wildman–Crippen LogP) is 1.46. The minimum absolute atomic E-state index is 0.252. The van der Waals surface area contributed by atoms with E-state index in [2.05, 4.69) is 5.32 Å². The number of allylic oxidation sites excluding steroid dienone is 1. The van der Waals surface area contributed by atoms with Gasteiger partial charge in [-0.05, 0) is 30.5 Å². The molecule has 8 nitrogen and oxygen atoms in total. The Bertz CT molecular complexity index is 874. The number of hydrogen-bond acceptors (Lipinski definition) is 6. The average molecular weight is 371 g/mol. The Morgan fingerprint density at radius 3 is 2.74 bits per heavy atom. The molecule has 2 amide bonds. The van der Waals surface area contributed by atoms with Crippen LogP contribution in [0, 0.1) is 6.92 Å². The number of benzene rings is 1. The van der Waals surface area contributed by atoms with E-state index < -0.39 is 18.1 Å². The summed E-state index contributed by atoms with van der Waals surface area (Å²) in [6.07, 6.45) is 4.48. The number of nitrogens with one attached hydrogen (secondary N) is 1. The Balaban J connectivity index is 2.06. The van der Waals surface area contributed by atoms with Gasteiger partial charge in [-0.25, -0.2) is 0 Å². The smallest absolute Gasteiger partial charge is 0.308 e. The van der Waals surface area contributed by atoms with Crippen molar-refractivity contribution < 1.29 is 23.9 Å². The molecule has 27 heavy (non-hydrogen) atoms. The predicted molar refractivity (Wildman–Crippen MR) is 97.9 cm³/mol. The highest BCUT2D eigenvalue weighted by Crippen LogP contribution is 2.39. The fourth-order valence-electron chi connectivity index (χ4n) is 3.31. The molecular formula is C19H21N3O5. The van der Waals surface area contributed by atoms with Crippen LogP contribution < -0.4 is 15.8 Å². The minimum Gasteiger partial charge on any atom is -0.424 e. The molecule has 3 rings (SSSR count). The van der Waals surface area contributed by atoms with Crippen LogP contribution in [0.5, 0.6) is 5.75 Å². The lowest BCUT2D eigenvalue weighted by atomic mass is 10.1. The first-order valence-corrected chi connectivity index (χ1v) is 8.44. The third kappa shape index (κ3) is 3.56. The van der Waals surface area contributed by atoms with Gasteiger partial charge in [0.05, 0.1) is 17.3 Å². The topological polar surface area (TPSA) is 111 Å². The van der Waals surface area contributed by atoms with Gasteiger partial charge in [-0.15, -0.1) is 0 Å². The zero-order valence-corrected chi connectivity index (χ0v) is 15.3. The fourth-order valence-corrected chi connectivity index (χ4v) is 3.31. The maximum atomic E-state index is 13.1. The molecule has 0 spiro atoms. The number of methoxy groups -OCH3 is 1. The van der Waals surface area contributed by atoms with Gasteiger partial charge < -0.3 is 25.4 Å². The Labute approximate surface area is 156 Å². The van der Waals surface area contributed by atoms with E-state index in [9.17, 15) is 14.4 Å². The van der Waals surface area contributed by atoms with Crippen LogP contribution in [0.2, 0.25) is 0 Å². The van der Waals surface area contributed by atoms with E-state index in [1.807, 2.05) is 0 Å². The van der Waals surface area contributed by atoms with Crippen LogP contribution in [0.4, 0.5) is 5.69 Å². The summed E-state index contributed by atoms with van der Waals surface area (Å²) in [4.78, 5) is 37.2. The minimum atomic E-state index is -0.558. The van der Waals surface area contributed by atoms with Crippen molar-refractivity contribution in [3.8, 4) is 5.75 Å². The first kappa shape index (κ1) is 18.7. The Morgan fingerprint density at radius 2 is 2.11 bits per heavy atom. The fraction of sp³-hybridized carbons (Fsp3) is 0.316. The summed E-state index contributed by atoms with van der Waals surface area (Å²) in [6.45, 7) is 3.11. The third-order valence-corrected chi connectivity index (χ3v) is 4.52. The molecule has 0 fully saturated rings. The molecule has 0 saturated carbocycles. The van der Waals surface area contributed by atoms with Crippen LogP contribution in [-0.2, 0) is 14.3 Å². The Hall–Kier alpha value is -3.13. The van der Waals surface area contributed by atoms with Gasteiger partial charge in [0, 0.05) is 26.3 Å².